The molecule has 1 aromatic rings. The van der Waals surface area contributed by atoms with Crippen LogP contribution in [0.5, 0.6) is 0 Å². The topological polar surface area (TPSA) is 61.8 Å². The van der Waals surface area contributed by atoms with Gasteiger partial charge in [-0.1, -0.05) is 6.07 Å². The summed E-state index contributed by atoms with van der Waals surface area (Å²) in [6, 6.07) is 5.89. The van der Waals surface area contributed by atoms with Gasteiger partial charge < -0.3 is 15.2 Å². The molecule has 2 N–H and O–H groups in total. The molecule has 5 nitrogen and oxygen atoms in total. The summed E-state index contributed by atoms with van der Waals surface area (Å²) in [7, 11) is 0. The van der Waals surface area contributed by atoms with Crippen molar-refractivity contribution in [3.05, 3.63) is 30.1 Å². The minimum absolute atomic E-state index is 0.134. The first kappa shape index (κ1) is 16.9. The van der Waals surface area contributed by atoms with E-state index in [-0.39, 0.29) is 24.4 Å². The summed E-state index contributed by atoms with van der Waals surface area (Å²) in [6.07, 6.45) is 2.65. The fourth-order valence-corrected chi connectivity index (χ4v) is 2.52. The number of halogens is 1. The van der Waals surface area contributed by atoms with Crippen LogP contribution in [-0.2, 0) is 9.53 Å². The number of benzene rings is 1. The number of aliphatic hydroxyl groups is 1. The van der Waals surface area contributed by atoms with Gasteiger partial charge in [-0.3, -0.25) is 9.69 Å². The first-order chi connectivity index (χ1) is 10.7. The van der Waals surface area contributed by atoms with E-state index >= 15 is 0 Å². The number of ether oxygens (including phenoxy) is 1. The number of likely N-dealkylation sites (tertiary alicyclic amines) is 1. The standard InChI is InChI=1S/C16H23FN2O3/c17-13-3-1-4-14(11-13)18-16(21)12-19-7-5-15(6-8-19)22-10-2-9-20/h1,3-4,11,15,20H,2,5-10,12H2,(H,18,21). The molecule has 0 saturated carbocycles. The lowest BCUT2D eigenvalue weighted by atomic mass is 10.1. The number of nitrogens with one attached hydrogen (secondary N) is 1. The maximum atomic E-state index is 13.1. The predicted molar refractivity (Wildman–Crippen MR) is 82.1 cm³/mol. The molecule has 1 amide bonds. The summed E-state index contributed by atoms with van der Waals surface area (Å²) in [5.41, 5.74) is 0.479. The number of piperidine rings is 1. The van der Waals surface area contributed by atoms with Crippen molar-refractivity contribution in [3.63, 3.8) is 0 Å². The number of hydrogen-bond donors (Lipinski definition) is 2. The lowest BCUT2D eigenvalue weighted by Gasteiger charge is -2.31. The number of amides is 1. The van der Waals surface area contributed by atoms with Crippen LogP contribution in [0, 0.1) is 5.82 Å². The second kappa shape index (κ2) is 8.82. The Morgan fingerprint density at radius 2 is 2.18 bits per heavy atom. The van der Waals surface area contributed by atoms with Crippen molar-refractivity contribution in [2.24, 2.45) is 0 Å². The van der Waals surface area contributed by atoms with Gasteiger partial charge in [0.05, 0.1) is 12.6 Å². The SMILES string of the molecule is O=C(CN1CCC(OCCCO)CC1)Nc1cccc(F)c1. The Balaban J connectivity index is 1.68. The molecule has 0 aromatic heterocycles. The molecular formula is C16H23FN2O3. The van der Waals surface area contributed by atoms with Gasteiger partial charge in [0.2, 0.25) is 5.91 Å². The van der Waals surface area contributed by atoms with Crippen molar-refractivity contribution in [1.29, 1.82) is 0 Å². The highest BCUT2D eigenvalue weighted by Crippen LogP contribution is 2.14. The van der Waals surface area contributed by atoms with E-state index in [1.54, 1.807) is 12.1 Å². The van der Waals surface area contributed by atoms with Crippen LogP contribution in [0.4, 0.5) is 10.1 Å². The highest BCUT2D eigenvalue weighted by Gasteiger charge is 2.21. The van der Waals surface area contributed by atoms with E-state index in [0.29, 0.717) is 25.3 Å². The van der Waals surface area contributed by atoms with Crippen molar-refractivity contribution < 1.29 is 19.0 Å². The molecule has 2 rings (SSSR count). The summed E-state index contributed by atoms with van der Waals surface area (Å²) in [6.45, 7) is 2.65. The van der Waals surface area contributed by atoms with Gasteiger partial charge in [0.25, 0.3) is 0 Å². The molecule has 0 unspecified atom stereocenters. The molecule has 22 heavy (non-hydrogen) atoms. The first-order valence-corrected chi connectivity index (χ1v) is 7.67. The largest absolute Gasteiger partial charge is 0.396 e. The smallest absolute Gasteiger partial charge is 0.238 e. The molecule has 1 saturated heterocycles. The van der Waals surface area contributed by atoms with Gasteiger partial charge in [0.1, 0.15) is 5.82 Å². The number of carbonyl (C=O) groups excluding carboxylic acids is 1. The Morgan fingerprint density at radius 3 is 2.86 bits per heavy atom. The number of carbonyl (C=O) groups is 1. The van der Waals surface area contributed by atoms with E-state index in [1.807, 2.05) is 0 Å². The van der Waals surface area contributed by atoms with E-state index in [0.717, 1.165) is 25.9 Å². The summed E-state index contributed by atoms with van der Waals surface area (Å²) in [5.74, 6) is -0.496. The molecule has 0 bridgehead atoms. The summed E-state index contributed by atoms with van der Waals surface area (Å²) >= 11 is 0. The van der Waals surface area contributed by atoms with Gasteiger partial charge in [-0.05, 0) is 37.5 Å². The molecule has 1 aliphatic rings. The zero-order chi connectivity index (χ0) is 15.8. The molecule has 6 heteroatoms. The van der Waals surface area contributed by atoms with E-state index in [1.165, 1.54) is 12.1 Å². The Kier molecular flexibility index (Phi) is 6.76. The van der Waals surface area contributed by atoms with E-state index in [4.69, 9.17) is 9.84 Å². The van der Waals surface area contributed by atoms with Crippen LogP contribution in [0.15, 0.2) is 24.3 Å². The number of nitrogens with zero attached hydrogens (tertiary/aromatic N) is 1. The molecule has 1 aromatic carbocycles. The van der Waals surface area contributed by atoms with Crippen molar-refractivity contribution >= 4 is 11.6 Å². The van der Waals surface area contributed by atoms with Crippen LogP contribution in [-0.4, -0.2) is 54.9 Å². The number of hydrogen-bond acceptors (Lipinski definition) is 4. The van der Waals surface area contributed by atoms with E-state index in [9.17, 15) is 9.18 Å². The molecule has 1 heterocycles. The van der Waals surface area contributed by atoms with Gasteiger partial charge in [-0.15, -0.1) is 0 Å². The van der Waals surface area contributed by atoms with Crippen LogP contribution >= 0.6 is 0 Å². The second-order valence-corrected chi connectivity index (χ2v) is 5.48. The average Bonchev–Trinajstić information content (AvgIpc) is 2.49. The van der Waals surface area contributed by atoms with E-state index in [2.05, 4.69) is 10.2 Å². The fraction of sp³-hybridized carbons (Fsp3) is 0.562. The highest BCUT2D eigenvalue weighted by molar-refractivity contribution is 5.92. The Labute approximate surface area is 130 Å². The molecule has 0 aliphatic carbocycles. The van der Waals surface area contributed by atoms with Crippen LogP contribution in [0.2, 0.25) is 0 Å². The van der Waals surface area contributed by atoms with Gasteiger partial charge in [-0.2, -0.15) is 0 Å². The third-order valence-electron chi connectivity index (χ3n) is 3.67. The minimum atomic E-state index is -0.362. The average molecular weight is 310 g/mol. The zero-order valence-electron chi connectivity index (χ0n) is 12.6. The maximum Gasteiger partial charge on any atom is 0.238 e. The Hall–Kier alpha value is -1.50. The molecular weight excluding hydrogens is 287 g/mol. The molecule has 0 spiro atoms. The zero-order valence-corrected chi connectivity index (χ0v) is 12.6. The summed E-state index contributed by atoms with van der Waals surface area (Å²) < 4.78 is 18.7. The maximum absolute atomic E-state index is 13.1. The molecule has 0 radical (unpaired) electrons. The quantitative estimate of drug-likeness (QED) is 0.752. The van der Waals surface area contributed by atoms with Crippen LogP contribution < -0.4 is 5.32 Å². The van der Waals surface area contributed by atoms with Gasteiger partial charge in [0, 0.05) is 32.0 Å². The van der Waals surface area contributed by atoms with Crippen molar-refractivity contribution in [3.8, 4) is 0 Å². The molecule has 1 fully saturated rings. The number of aliphatic hydroxyl groups excluding tert-OH is 1. The van der Waals surface area contributed by atoms with Crippen molar-refractivity contribution in [1.82, 2.24) is 4.90 Å². The minimum Gasteiger partial charge on any atom is -0.396 e. The van der Waals surface area contributed by atoms with Gasteiger partial charge in [-0.25, -0.2) is 4.39 Å². The second-order valence-electron chi connectivity index (χ2n) is 5.48. The van der Waals surface area contributed by atoms with Crippen LogP contribution in [0.25, 0.3) is 0 Å². The number of rotatable bonds is 7. The summed E-state index contributed by atoms with van der Waals surface area (Å²) in [4.78, 5) is 14.0. The van der Waals surface area contributed by atoms with E-state index < -0.39 is 0 Å². The third kappa shape index (κ3) is 5.71. The first-order valence-electron chi connectivity index (χ1n) is 7.67. The molecule has 0 atom stereocenters. The summed E-state index contributed by atoms with van der Waals surface area (Å²) in [5, 5.41) is 11.4. The Bertz CT molecular complexity index is 476. The van der Waals surface area contributed by atoms with Crippen LogP contribution in [0.3, 0.4) is 0 Å². The predicted octanol–water partition coefficient (Wildman–Crippen LogP) is 1.63. The van der Waals surface area contributed by atoms with Crippen LogP contribution in [0.1, 0.15) is 19.3 Å². The Morgan fingerprint density at radius 1 is 1.41 bits per heavy atom. The monoisotopic (exact) mass is 310 g/mol. The molecule has 122 valence electrons. The third-order valence-corrected chi connectivity index (χ3v) is 3.67. The number of anilines is 1. The lowest BCUT2D eigenvalue weighted by Crippen LogP contribution is -2.41. The normalized spacial score (nSPS) is 16.6. The lowest BCUT2D eigenvalue weighted by molar-refractivity contribution is -0.118. The van der Waals surface area contributed by atoms with Crippen molar-refractivity contribution in [2.45, 2.75) is 25.4 Å². The van der Waals surface area contributed by atoms with Gasteiger partial charge >= 0.3 is 0 Å². The van der Waals surface area contributed by atoms with Gasteiger partial charge in [0.15, 0.2) is 0 Å². The highest BCUT2D eigenvalue weighted by atomic mass is 19.1. The van der Waals surface area contributed by atoms with Crippen molar-refractivity contribution in [2.75, 3.05) is 38.2 Å². The molecule has 1 aliphatic heterocycles. The fourth-order valence-electron chi connectivity index (χ4n) is 2.52.